The zero-order valence-electron chi connectivity index (χ0n) is 11.5. The number of nitrogens with zero attached hydrogens (tertiary/aromatic N) is 1. The van der Waals surface area contributed by atoms with Crippen LogP contribution < -0.4 is 0 Å². The van der Waals surface area contributed by atoms with E-state index in [4.69, 9.17) is 5.26 Å². The summed E-state index contributed by atoms with van der Waals surface area (Å²) in [6.07, 6.45) is 16.0. The Morgan fingerprint density at radius 1 is 1.05 bits per heavy atom. The summed E-state index contributed by atoms with van der Waals surface area (Å²) in [5.41, 5.74) is 0. The topological polar surface area (TPSA) is 40.9 Å². The Labute approximate surface area is 119 Å². The Kier molecular flexibility index (Phi) is 2.70. The molecule has 2 saturated carbocycles. The van der Waals surface area contributed by atoms with E-state index in [1.165, 1.54) is 6.42 Å². The van der Waals surface area contributed by atoms with E-state index in [-0.39, 0.29) is 17.8 Å². The summed E-state index contributed by atoms with van der Waals surface area (Å²) in [7, 11) is 0. The predicted molar refractivity (Wildman–Crippen MR) is 76.3 cm³/mol. The van der Waals surface area contributed by atoms with Crippen LogP contribution in [0.5, 0.6) is 0 Å². The zero-order valence-corrected chi connectivity index (χ0v) is 11.5. The number of nitriles is 1. The van der Waals surface area contributed by atoms with Crippen molar-refractivity contribution in [2.75, 3.05) is 0 Å². The van der Waals surface area contributed by atoms with Crippen LogP contribution in [-0.4, -0.2) is 5.78 Å². The molecule has 4 bridgehead atoms. The fourth-order valence-electron chi connectivity index (χ4n) is 5.03. The number of carbonyl (C=O) groups excluding carboxylic acids is 1. The molecule has 0 N–H and O–H groups in total. The lowest BCUT2D eigenvalue weighted by Gasteiger charge is -2.29. The van der Waals surface area contributed by atoms with Gasteiger partial charge in [0.05, 0.1) is 6.07 Å². The maximum Gasteiger partial charge on any atom is 0.140 e. The molecule has 7 atom stereocenters. The first kappa shape index (κ1) is 12.1. The molecule has 0 aromatic rings. The van der Waals surface area contributed by atoms with E-state index in [1.807, 2.05) is 6.08 Å². The fourth-order valence-corrected chi connectivity index (χ4v) is 5.03. The third kappa shape index (κ3) is 1.66. The van der Waals surface area contributed by atoms with Gasteiger partial charge in [-0.3, -0.25) is 4.79 Å². The molecule has 0 unspecified atom stereocenters. The van der Waals surface area contributed by atoms with Crippen molar-refractivity contribution in [3.05, 3.63) is 36.5 Å². The van der Waals surface area contributed by atoms with E-state index in [0.29, 0.717) is 29.5 Å². The molecule has 4 aliphatic carbocycles. The van der Waals surface area contributed by atoms with Crippen molar-refractivity contribution < 1.29 is 4.79 Å². The highest BCUT2D eigenvalue weighted by Gasteiger charge is 2.51. The molecule has 20 heavy (non-hydrogen) atoms. The maximum absolute atomic E-state index is 13.0. The molecule has 4 aliphatic rings. The average Bonchev–Trinajstić information content (AvgIpc) is 3.21. The maximum atomic E-state index is 13.0. The van der Waals surface area contributed by atoms with Gasteiger partial charge in [-0.15, -0.1) is 0 Å². The molecule has 2 fully saturated rings. The van der Waals surface area contributed by atoms with Gasteiger partial charge in [-0.2, -0.15) is 5.26 Å². The zero-order chi connectivity index (χ0) is 13.7. The molecule has 0 amide bonds. The minimum Gasteiger partial charge on any atom is -0.299 e. The Bertz CT molecular complexity index is 564. The molecule has 2 nitrogen and oxygen atoms in total. The van der Waals surface area contributed by atoms with Crippen LogP contribution in [0.25, 0.3) is 0 Å². The third-order valence-electron chi connectivity index (χ3n) is 5.89. The number of rotatable bonds is 3. The summed E-state index contributed by atoms with van der Waals surface area (Å²) in [5.74, 6) is 3.17. The van der Waals surface area contributed by atoms with Crippen molar-refractivity contribution in [1.82, 2.24) is 0 Å². The number of hydrogen-bond donors (Lipinski definition) is 0. The van der Waals surface area contributed by atoms with E-state index >= 15 is 0 Å². The SMILES string of the molecule is N#C/C=C\[C@@H]1[C@H](C(=O)[C@H]2C[C@@H]3C=C[C@H]2C3)[C@H]2C=C[C@@H]1C2. The lowest BCUT2D eigenvalue weighted by atomic mass is 9.73. The molecule has 0 aromatic heterocycles. The summed E-state index contributed by atoms with van der Waals surface area (Å²) in [6, 6.07) is 2.08. The van der Waals surface area contributed by atoms with Crippen molar-refractivity contribution in [2.45, 2.75) is 19.3 Å². The van der Waals surface area contributed by atoms with Crippen LogP contribution >= 0.6 is 0 Å². The molecule has 2 heteroatoms. The molecule has 0 aromatic carbocycles. The van der Waals surface area contributed by atoms with E-state index in [0.717, 1.165) is 12.8 Å². The molecule has 0 heterocycles. The highest BCUT2D eigenvalue weighted by Crippen LogP contribution is 2.53. The van der Waals surface area contributed by atoms with E-state index in [2.05, 4.69) is 30.4 Å². The van der Waals surface area contributed by atoms with Crippen LogP contribution in [0, 0.1) is 52.8 Å². The second-order valence-electron chi connectivity index (χ2n) is 6.83. The normalized spacial score (nSPS) is 47.5. The van der Waals surface area contributed by atoms with Crippen molar-refractivity contribution >= 4 is 5.78 Å². The number of fused-ring (bicyclic) bond motifs is 4. The summed E-state index contributed by atoms with van der Waals surface area (Å²) in [6.45, 7) is 0. The number of hydrogen-bond acceptors (Lipinski definition) is 2. The van der Waals surface area contributed by atoms with Gasteiger partial charge in [0.25, 0.3) is 0 Å². The van der Waals surface area contributed by atoms with Crippen LogP contribution in [0.15, 0.2) is 36.5 Å². The van der Waals surface area contributed by atoms with Crippen LogP contribution in [-0.2, 0) is 4.79 Å². The average molecular weight is 265 g/mol. The van der Waals surface area contributed by atoms with Gasteiger partial charge in [0, 0.05) is 17.9 Å². The quantitative estimate of drug-likeness (QED) is 0.580. The van der Waals surface area contributed by atoms with Crippen LogP contribution in [0.4, 0.5) is 0 Å². The van der Waals surface area contributed by atoms with Gasteiger partial charge in [-0.05, 0) is 48.9 Å². The summed E-state index contributed by atoms with van der Waals surface area (Å²) in [5, 5.41) is 8.77. The Morgan fingerprint density at radius 3 is 2.55 bits per heavy atom. The van der Waals surface area contributed by atoms with E-state index in [1.54, 1.807) is 6.08 Å². The minimum absolute atomic E-state index is 0.132. The van der Waals surface area contributed by atoms with Crippen molar-refractivity contribution in [3.63, 3.8) is 0 Å². The fraction of sp³-hybridized carbons (Fsp3) is 0.556. The first-order chi connectivity index (χ1) is 9.78. The van der Waals surface area contributed by atoms with E-state index < -0.39 is 0 Å². The van der Waals surface area contributed by atoms with Gasteiger partial charge in [0.15, 0.2) is 0 Å². The van der Waals surface area contributed by atoms with Gasteiger partial charge in [0.2, 0.25) is 0 Å². The largest absolute Gasteiger partial charge is 0.299 e. The molecule has 0 spiro atoms. The number of Topliss-reactive ketones (excluding diaryl/α,β-unsaturated/α-hetero) is 1. The predicted octanol–water partition coefficient (Wildman–Crippen LogP) is 3.29. The Hall–Kier alpha value is -1.62. The Balaban J connectivity index is 1.59. The molecule has 102 valence electrons. The monoisotopic (exact) mass is 265 g/mol. The first-order valence-corrected chi connectivity index (χ1v) is 7.74. The van der Waals surface area contributed by atoms with Gasteiger partial charge in [0.1, 0.15) is 5.78 Å². The van der Waals surface area contributed by atoms with Crippen LogP contribution in [0.3, 0.4) is 0 Å². The van der Waals surface area contributed by atoms with E-state index in [9.17, 15) is 4.79 Å². The molecular formula is C18H19NO. The highest BCUT2D eigenvalue weighted by molar-refractivity contribution is 5.86. The summed E-state index contributed by atoms with van der Waals surface area (Å²) >= 11 is 0. The molecule has 0 saturated heterocycles. The number of ketones is 1. The van der Waals surface area contributed by atoms with Gasteiger partial charge >= 0.3 is 0 Å². The van der Waals surface area contributed by atoms with Crippen molar-refractivity contribution in [3.8, 4) is 6.07 Å². The molecule has 4 rings (SSSR count). The minimum atomic E-state index is 0.132. The van der Waals surface area contributed by atoms with Gasteiger partial charge in [-0.25, -0.2) is 0 Å². The molecular weight excluding hydrogens is 246 g/mol. The van der Waals surface area contributed by atoms with Crippen LogP contribution in [0.1, 0.15) is 19.3 Å². The van der Waals surface area contributed by atoms with Crippen molar-refractivity contribution in [2.24, 2.45) is 41.4 Å². The Morgan fingerprint density at radius 2 is 1.85 bits per heavy atom. The standard InChI is InChI=1S/C18H19NO/c19-7-1-2-15-13-5-6-14(10-13)17(15)18(20)16-9-11-3-4-12(16)8-11/h1-6,11-17H,8-10H2/b2-1-/t11-,12+,13-,14+,15+,16+,17-/m1/s1. The third-order valence-corrected chi connectivity index (χ3v) is 5.89. The van der Waals surface area contributed by atoms with Gasteiger partial charge < -0.3 is 0 Å². The number of allylic oxidation sites excluding steroid dienone is 6. The summed E-state index contributed by atoms with van der Waals surface area (Å²) in [4.78, 5) is 13.0. The van der Waals surface area contributed by atoms with Crippen molar-refractivity contribution in [1.29, 1.82) is 5.26 Å². The second-order valence-corrected chi connectivity index (χ2v) is 6.83. The lowest BCUT2D eigenvalue weighted by molar-refractivity contribution is -0.129. The van der Waals surface area contributed by atoms with Gasteiger partial charge in [-0.1, -0.05) is 30.4 Å². The highest BCUT2D eigenvalue weighted by atomic mass is 16.1. The lowest BCUT2D eigenvalue weighted by Crippen LogP contribution is -2.33. The smallest absolute Gasteiger partial charge is 0.140 e. The molecule has 0 aliphatic heterocycles. The summed E-state index contributed by atoms with van der Waals surface area (Å²) < 4.78 is 0. The first-order valence-electron chi connectivity index (χ1n) is 7.74. The second kappa shape index (κ2) is 4.45. The van der Waals surface area contributed by atoms with Crippen LogP contribution in [0.2, 0.25) is 0 Å². The number of carbonyl (C=O) groups is 1. The molecule has 0 radical (unpaired) electrons.